The third-order valence-corrected chi connectivity index (χ3v) is 2.61. The maximum absolute atomic E-state index is 9.17. The van der Waals surface area contributed by atoms with Crippen molar-refractivity contribution < 1.29 is 9.79 Å². The van der Waals surface area contributed by atoms with Gasteiger partial charge in [0.05, 0.1) is 0 Å². The second-order valence-corrected chi connectivity index (χ2v) is 7.93. The third kappa shape index (κ3) is 6.35. The molecule has 0 saturated carbocycles. The molecule has 0 amide bonds. The minimum absolute atomic E-state index is 0.547. The van der Waals surface area contributed by atoms with Crippen LogP contribution in [-0.4, -0.2) is 29.3 Å². The van der Waals surface area contributed by atoms with Crippen molar-refractivity contribution in [3.63, 3.8) is 0 Å². The zero-order chi connectivity index (χ0) is 6.86. The van der Waals surface area contributed by atoms with Gasteiger partial charge in [-0.25, -0.2) is 0 Å². The molecule has 0 aliphatic rings. The van der Waals surface area contributed by atoms with Gasteiger partial charge in [0.1, 0.15) is 0 Å². The molecule has 0 atom stereocenters. The van der Waals surface area contributed by atoms with E-state index in [1.807, 2.05) is 6.92 Å². The molecule has 0 heterocycles. The van der Waals surface area contributed by atoms with Crippen LogP contribution in [0.4, 0.5) is 0 Å². The molecule has 0 aliphatic heterocycles. The molecule has 0 fully saturated rings. The molecule has 0 aliphatic carbocycles. The molecular weight excluding hydrogens is 123 g/mol. The molecule has 0 rings (SSSR count). The monoisotopic (exact) mass is 138 g/mol. The van der Waals surface area contributed by atoms with E-state index in [0.717, 1.165) is 6.42 Å². The van der Waals surface area contributed by atoms with Crippen LogP contribution >= 0.6 is 7.06 Å². The van der Waals surface area contributed by atoms with Crippen LogP contribution in [0.25, 0.3) is 0 Å². The van der Waals surface area contributed by atoms with Crippen LogP contribution in [0.2, 0.25) is 0 Å². The van der Waals surface area contributed by atoms with Crippen molar-refractivity contribution in [3.05, 3.63) is 0 Å². The number of rotatable bonds is 2. The Hall–Kier alpha value is 0.350. The van der Waals surface area contributed by atoms with Crippen molar-refractivity contribution >= 4 is 7.06 Å². The third-order valence-electron chi connectivity index (χ3n) is 0.871. The minimum atomic E-state index is -3.10. The van der Waals surface area contributed by atoms with Crippen LogP contribution in [-0.2, 0) is 0 Å². The van der Waals surface area contributed by atoms with Gasteiger partial charge >= 0.3 is 49.7 Å². The zero-order valence-electron chi connectivity index (χ0n) is 5.76. The van der Waals surface area contributed by atoms with E-state index in [0.29, 0.717) is 6.16 Å². The van der Waals surface area contributed by atoms with Crippen molar-refractivity contribution in [2.24, 2.45) is 0 Å². The summed E-state index contributed by atoms with van der Waals surface area (Å²) in [5, 5.41) is 0. The fraction of sp³-hybridized carbons (Fsp3) is 1.00. The molecule has 2 N–H and O–H groups in total. The molecule has 0 bridgehead atoms. The summed E-state index contributed by atoms with van der Waals surface area (Å²) in [6.45, 7) is 5.02. The van der Waals surface area contributed by atoms with Crippen LogP contribution in [0.5, 0.6) is 0 Å². The summed E-state index contributed by atoms with van der Waals surface area (Å²) in [6, 6.07) is 0. The second-order valence-electron chi connectivity index (χ2n) is 2.98. The standard InChI is InChI=1S/C5H15O2P/c1-4-5-8(2,3,6)7/h6-7H,4-5H2,1-3H3. The summed E-state index contributed by atoms with van der Waals surface area (Å²) in [7, 11) is -3.10. The van der Waals surface area contributed by atoms with Crippen molar-refractivity contribution in [1.29, 1.82) is 0 Å². The molecule has 8 heavy (non-hydrogen) atoms. The first-order chi connectivity index (χ1) is 3.31. The van der Waals surface area contributed by atoms with Gasteiger partial charge in [-0.15, -0.1) is 0 Å². The Kier molecular flexibility index (Phi) is 2.03. The summed E-state index contributed by atoms with van der Waals surface area (Å²) in [6.07, 6.45) is 1.39. The van der Waals surface area contributed by atoms with Gasteiger partial charge in [0.25, 0.3) is 0 Å². The summed E-state index contributed by atoms with van der Waals surface area (Å²) in [4.78, 5) is 18.3. The number of hydrogen-bond donors (Lipinski definition) is 2. The molecule has 52 valence electrons. The van der Waals surface area contributed by atoms with Gasteiger partial charge in [-0.05, 0) is 0 Å². The van der Waals surface area contributed by atoms with Crippen molar-refractivity contribution in [1.82, 2.24) is 0 Å². The molecule has 0 spiro atoms. The van der Waals surface area contributed by atoms with Crippen LogP contribution in [0.3, 0.4) is 0 Å². The quantitative estimate of drug-likeness (QED) is 0.559. The molecule has 3 heteroatoms. The van der Waals surface area contributed by atoms with Gasteiger partial charge in [0, 0.05) is 0 Å². The SMILES string of the molecule is CCCP(C)(C)(O)O. The van der Waals surface area contributed by atoms with E-state index in [4.69, 9.17) is 9.79 Å². The van der Waals surface area contributed by atoms with Crippen LogP contribution in [0.15, 0.2) is 0 Å². The van der Waals surface area contributed by atoms with E-state index in [1.165, 1.54) is 13.3 Å². The number of hydrogen-bond acceptors (Lipinski definition) is 2. The summed E-state index contributed by atoms with van der Waals surface area (Å²) >= 11 is 0. The van der Waals surface area contributed by atoms with E-state index in [-0.39, 0.29) is 0 Å². The summed E-state index contributed by atoms with van der Waals surface area (Å²) in [5.41, 5.74) is 0. The van der Waals surface area contributed by atoms with Crippen molar-refractivity contribution in [2.75, 3.05) is 19.5 Å². The fourth-order valence-electron chi connectivity index (χ4n) is 0.647. The fourth-order valence-corrected chi connectivity index (χ4v) is 1.94. The first-order valence-corrected chi connectivity index (χ1v) is 6.04. The Morgan fingerprint density at radius 1 is 1.25 bits per heavy atom. The van der Waals surface area contributed by atoms with Gasteiger partial charge in [-0.2, -0.15) is 0 Å². The second kappa shape index (κ2) is 1.94. The van der Waals surface area contributed by atoms with Crippen molar-refractivity contribution in [2.45, 2.75) is 13.3 Å². The van der Waals surface area contributed by atoms with Crippen molar-refractivity contribution in [3.8, 4) is 0 Å². The van der Waals surface area contributed by atoms with E-state index in [1.54, 1.807) is 0 Å². The average molecular weight is 138 g/mol. The molecule has 0 radical (unpaired) electrons. The van der Waals surface area contributed by atoms with E-state index in [2.05, 4.69) is 0 Å². The van der Waals surface area contributed by atoms with Gasteiger partial charge in [0.15, 0.2) is 0 Å². The Bertz CT molecular complexity index is 72.9. The normalized spacial score (nSPS) is 17.4. The first kappa shape index (κ1) is 8.35. The van der Waals surface area contributed by atoms with Gasteiger partial charge in [0.2, 0.25) is 0 Å². The van der Waals surface area contributed by atoms with E-state index >= 15 is 0 Å². The molecule has 0 saturated heterocycles. The van der Waals surface area contributed by atoms with Gasteiger partial charge in [-0.3, -0.25) is 0 Å². The zero-order valence-corrected chi connectivity index (χ0v) is 6.65. The molecule has 0 aromatic rings. The summed E-state index contributed by atoms with van der Waals surface area (Å²) < 4.78 is 0. The Labute approximate surface area is 50.6 Å². The van der Waals surface area contributed by atoms with Crippen LogP contribution in [0.1, 0.15) is 13.3 Å². The van der Waals surface area contributed by atoms with Crippen LogP contribution in [0, 0.1) is 0 Å². The predicted octanol–water partition coefficient (Wildman–Crippen LogP) is 1.02. The topological polar surface area (TPSA) is 40.5 Å². The molecule has 0 unspecified atom stereocenters. The molecule has 2 nitrogen and oxygen atoms in total. The van der Waals surface area contributed by atoms with E-state index in [9.17, 15) is 0 Å². The summed E-state index contributed by atoms with van der Waals surface area (Å²) in [5.74, 6) is 0. The molecular formula is C5H15O2P. The maximum atomic E-state index is 9.17. The van der Waals surface area contributed by atoms with E-state index < -0.39 is 7.06 Å². The Balaban J connectivity index is 3.73. The van der Waals surface area contributed by atoms with Gasteiger partial charge in [-0.1, -0.05) is 0 Å². The molecule has 0 aromatic carbocycles. The Morgan fingerprint density at radius 3 is 1.62 bits per heavy atom. The Morgan fingerprint density at radius 2 is 1.62 bits per heavy atom. The van der Waals surface area contributed by atoms with Gasteiger partial charge < -0.3 is 0 Å². The average Bonchev–Trinajstić information content (AvgIpc) is 1.25. The first-order valence-electron chi connectivity index (χ1n) is 2.82. The van der Waals surface area contributed by atoms with Crippen LogP contribution < -0.4 is 0 Å². The predicted molar refractivity (Wildman–Crippen MR) is 38.4 cm³/mol. The molecule has 0 aromatic heterocycles.